The summed E-state index contributed by atoms with van der Waals surface area (Å²) in [6.45, 7) is 9.99. The topological polar surface area (TPSA) is 176 Å². The average molecular weight is 681 g/mol. The highest BCUT2D eigenvalue weighted by Crippen LogP contribution is 2.34. The molecule has 0 saturated carbocycles. The van der Waals surface area contributed by atoms with E-state index >= 15 is 0 Å². The van der Waals surface area contributed by atoms with Gasteiger partial charge in [0.1, 0.15) is 36.8 Å². The number of allylic oxidation sites excluding steroid dienone is 3. The third-order valence-electron chi connectivity index (χ3n) is 8.26. The van der Waals surface area contributed by atoms with Crippen LogP contribution in [0.3, 0.4) is 0 Å². The molecule has 0 bridgehead atoms. The van der Waals surface area contributed by atoms with Crippen molar-refractivity contribution in [3.8, 4) is 0 Å². The number of nitrogens with zero attached hydrogens (tertiary/aromatic N) is 1. The molecule has 0 radical (unpaired) electrons. The molecule has 1 saturated heterocycles. The van der Waals surface area contributed by atoms with Gasteiger partial charge in [-0.3, -0.25) is 14.4 Å². The summed E-state index contributed by atoms with van der Waals surface area (Å²) in [4.78, 5) is 64.6. The number of carbonyl (C=O) groups is 5. The zero-order chi connectivity index (χ0) is 36.0. The molecule has 0 unspecified atom stereocenters. The first-order valence-electron chi connectivity index (χ1n) is 16.1. The monoisotopic (exact) mass is 680 g/mol. The molecule has 2 N–H and O–H groups in total. The van der Waals surface area contributed by atoms with Gasteiger partial charge in [-0.2, -0.15) is 0 Å². The van der Waals surface area contributed by atoms with E-state index in [2.05, 4.69) is 11.9 Å². The fourth-order valence-electron chi connectivity index (χ4n) is 5.95. The molecular weight excluding hydrogens is 628 g/mol. The summed E-state index contributed by atoms with van der Waals surface area (Å²) in [7, 11) is 4.72. The Bertz CT molecular complexity index is 1160. The largest absolute Gasteiger partial charge is 0.462 e. The van der Waals surface area contributed by atoms with Gasteiger partial charge in [0.25, 0.3) is 0 Å². The molecule has 0 aromatic heterocycles. The number of ketones is 1. The van der Waals surface area contributed by atoms with Crippen molar-refractivity contribution in [2.75, 3.05) is 27.7 Å². The molecule has 0 aliphatic carbocycles. The van der Waals surface area contributed by atoms with Gasteiger partial charge in [-0.25, -0.2) is 4.79 Å². The molecule has 1 amide bonds. The number of carbonyl (C=O) groups excluding carboxylic acids is 5. The lowest BCUT2D eigenvalue weighted by Crippen LogP contribution is -2.65. The van der Waals surface area contributed by atoms with Crippen molar-refractivity contribution in [3.63, 3.8) is 0 Å². The molecule has 0 spiro atoms. The van der Waals surface area contributed by atoms with Gasteiger partial charge in [0.05, 0.1) is 24.7 Å². The molecule has 48 heavy (non-hydrogen) atoms. The molecule has 14 heteroatoms. The number of nitrogens with one attached hydrogen (secondary N) is 1. The van der Waals surface area contributed by atoms with Gasteiger partial charge in [0.15, 0.2) is 12.1 Å². The van der Waals surface area contributed by atoms with E-state index in [1.165, 1.54) is 26.2 Å². The standard InChI is InChI=1S/C34H52N2O12/c1-9-16-35-34(42)48-30-22(4)45-33(29(41)28(30)36(6)7)47-31-24(15-17-37)18-20(2)25(39)14-12-10-11-13-21(3)44-27(40)19-26(32(31)43-8)46-23(5)38/h9-12,14,17,20-22,24,26,28-33,41H,1,13,15-16,18-19H2,2-8H3,(H,35,42)/b11-10+,14-12+/t20-,21-,22-,24+,26-,28-,29-,30-,31+,32+,33+/m1/s1. The Morgan fingerprint density at radius 3 is 2.44 bits per heavy atom. The Morgan fingerprint density at radius 2 is 1.83 bits per heavy atom. The smallest absolute Gasteiger partial charge is 0.407 e. The lowest BCUT2D eigenvalue weighted by atomic mass is 9.83. The lowest BCUT2D eigenvalue weighted by Gasteiger charge is -2.47. The van der Waals surface area contributed by atoms with E-state index in [1.54, 1.807) is 58.0 Å². The number of esters is 2. The number of amides is 1. The highest BCUT2D eigenvalue weighted by Gasteiger charge is 2.50. The summed E-state index contributed by atoms with van der Waals surface area (Å²) >= 11 is 0. The number of aliphatic hydroxyl groups excluding tert-OH is 1. The van der Waals surface area contributed by atoms with Crippen LogP contribution in [0.25, 0.3) is 0 Å². The predicted octanol–water partition coefficient (Wildman–Crippen LogP) is 2.27. The maximum absolute atomic E-state index is 13.1. The fourth-order valence-corrected chi connectivity index (χ4v) is 5.95. The van der Waals surface area contributed by atoms with Crippen molar-refractivity contribution in [1.29, 1.82) is 0 Å². The Labute approximate surface area is 282 Å². The number of methoxy groups -OCH3 is 1. The van der Waals surface area contributed by atoms with Gasteiger partial charge in [0.2, 0.25) is 0 Å². The minimum absolute atomic E-state index is 0.106. The zero-order valence-corrected chi connectivity index (χ0v) is 28.9. The van der Waals surface area contributed by atoms with Gasteiger partial charge >= 0.3 is 18.0 Å². The molecule has 14 nitrogen and oxygen atoms in total. The van der Waals surface area contributed by atoms with Crippen molar-refractivity contribution in [3.05, 3.63) is 37.0 Å². The third-order valence-corrected chi connectivity index (χ3v) is 8.26. The number of ether oxygens (including phenoxy) is 6. The van der Waals surface area contributed by atoms with E-state index in [-0.39, 0.29) is 25.2 Å². The van der Waals surface area contributed by atoms with E-state index in [0.717, 1.165) is 0 Å². The lowest BCUT2D eigenvalue weighted by molar-refractivity contribution is -0.309. The highest BCUT2D eigenvalue weighted by atomic mass is 16.7. The summed E-state index contributed by atoms with van der Waals surface area (Å²) in [5, 5.41) is 14.2. The summed E-state index contributed by atoms with van der Waals surface area (Å²) in [6, 6.07) is -0.815. The molecule has 0 aromatic carbocycles. The number of likely N-dealkylation sites (N-methyl/N-ethyl adjacent to an activating group) is 1. The number of alkyl carbamates (subject to hydrolysis) is 1. The highest BCUT2D eigenvalue weighted by molar-refractivity contribution is 5.91. The number of aliphatic hydroxyl groups is 1. The number of aldehydes is 1. The van der Waals surface area contributed by atoms with Gasteiger partial charge in [-0.1, -0.05) is 31.2 Å². The quantitative estimate of drug-likeness (QED) is 0.149. The Hall–Kier alpha value is -3.43. The number of cyclic esters (lactones) is 1. The molecule has 11 atom stereocenters. The van der Waals surface area contributed by atoms with E-state index in [0.29, 0.717) is 12.7 Å². The van der Waals surface area contributed by atoms with Crippen LogP contribution in [-0.2, 0) is 47.6 Å². The van der Waals surface area contributed by atoms with Gasteiger partial charge < -0.3 is 48.5 Å². The van der Waals surface area contributed by atoms with E-state index in [1.807, 2.05) is 0 Å². The van der Waals surface area contributed by atoms with E-state index in [4.69, 9.17) is 28.4 Å². The van der Waals surface area contributed by atoms with Gasteiger partial charge in [0, 0.05) is 39.3 Å². The minimum Gasteiger partial charge on any atom is -0.462 e. The SMILES string of the molecule is C=CCNC(=O)O[C@H]1[C@H](N(C)C)[C@@H](O)[C@H](O[C@H]2[C@@H](CC=O)C[C@@H](C)C(=O)/C=C/C=C/C[C@@H](C)OC(=O)C[C@@H](OC(C)=O)[C@@H]2OC)O[C@@H]1C. The van der Waals surface area contributed by atoms with Crippen molar-refractivity contribution in [1.82, 2.24) is 10.2 Å². The van der Waals surface area contributed by atoms with Crippen LogP contribution >= 0.6 is 0 Å². The van der Waals surface area contributed by atoms with E-state index in [9.17, 15) is 29.1 Å². The summed E-state index contributed by atoms with van der Waals surface area (Å²) in [6.07, 6.45) is -0.709. The second kappa shape index (κ2) is 20.2. The van der Waals surface area contributed by atoms with Crippen molar-refractivity contribution >= 4 is 30.1 Å². The molecule has 1 fully saturated rings. The van der Waals surface area contributed by atoms with E-state index < -0.39 is 91.3 Å². The van der Waals surface area contributed by atoms with Crippen molar-refractivity contribution < 1.29 is 57.5 Å². The maximum atomic E-state index is 13.1. The first-order chi connectivity index (χ1) is 22.7. The van der Waals surface area contributed by atoms with Gasteiger partial charge in [-0.05, 0) is 46.4 Å². The second-order valence-corrected chi connectivity index (χ2v) is 12.4. The van der Waals surface area contributed by atoms with Crippen LogP contribution in [0.15, 0.2) is 37.0 Å². The molecule has 2 aliphatic rings. The molecule has 2 aliphatic heterocycles. The molecule has 2 rings (SSSR count). The van der Waals surface area contributed by atoms with Crippen LogP contribution in [0.4, 0.5) is 4.79 Å². The first-order valence-corrected chi connectivity index (χ1v) is 16.1. The van der Waals surface area contributed by atoms with Crippen molar-refractivity contribution in [2.24, 2.45) is 11.8 Å². The van der Waals surface area contributed by atoms with Crippen LogP contribution in [0, 0.1) is 11.8 Å². The second-order valence-electron chi connectivity index (χ2n) is 12.4. The normalized spacial score (nSPS) is 35.1. The maximum Gasteiger partial charge on any atom is 0.407 e. The number of hydrogen-bond donors (Lipinski definition) is 2. The average Bonchev–Trinajstić information content (AvgIpc) is 3.00. The van der Waals surface area contributed by atoms with Crippen LogP contribution in [0.1, 0.15) is 53.4 Å². The first kappa shape index (κ1) is 40.7. The minimum atomic E-state index is -1.41. The molecule has 2 heterocycles. The Kier molecular flexibility index (Phi) is 17.1. The molecule has 270 valence electrons. The molecule has 0 aromatic rings. The summed E-state index contributed by atoms with van der Waals surface area (Å²) in [5.41, 5.74) is 0. The van der Waals surface area contributed by atoms with Crippen LogP contribution in [-0.4, -0.2) is 123 Å². The third kappa shape index (κ3) is 12.2. The molecular formula is C34H52N2O12. The van der Waals surface area contributed by atoms with Crippen LogP contribution in [0.2, 0.25) is 0 Å². The Balaban J connectivity index is 2.60. The van der Waals surface area contributed by atoms with Gasteiger partial charge in [-0.15, -0.1) is 6.58 Å². The zero-order valence-electron chi connectivity index (χ0n) is 28.9. The number of rotatable bonds is 10. The van der Waals surface area contributed by atoms with Crippen LogP contribution in [0.5, 0.6) is 0 Å². The summed E-state index contributed by atoms with van der Waals surface area (Å²) in [5.74, 6) is -2.88. The summed E-state index contributed by atoms with van der Waals surface area (Å²) < 4.78 is 35.2. The van der Waals surface area contributed by atoms with Crippen LogP contribution < -0.4 is 5.32 Å². The fraction of sp³-hybridized carbons (Fsp3) is 0.676. The Morgan fingerprint density at radius 1 is 1.12 bits per heavy atom. The van der Waals surface area contributed by atoms with Crippen molar-refractivity contribution in [2.45, 2.75) is 108 Å². The number of hydrogen-bond acceptors (Lipinski definition) is 13. The predicted molar refractivity (Wildman–Crippen MR) is 174 cm³/mol.